The van der Waals surface area contributed by atoms with Crippen molar-refractivity contribution in [1.82, 2.24) is 0 Å². The molecule has 0 radical (unpaired) electrons. The Morgan fingerprint density at radius 1 is 1.53 bits per heavy atom. The monoisotopic (exact) mass is 328 g/mol. The van der Waals surface area contributed by atoms with Crippen molar-refractivity contribution in [2.24, 2.45) is 5.92 Å². The first-order valence-corrected chi connectivity index (χ1v) is 7.04. The smallest absolute Gasteiger partial charge is 0.293 e. The molecule has 1 aromatic rings. The number of anilines is 1. The lowest BCUT2D eigenvalue weighted by Crippen LogP contribution is -2.44. The van der Waals surface area contributed by atoms with Gasteiger partial charge < -0.3 is 9.64 Å². The van der Waals surface area contributed by atoms with E-state index >= 15 is 0 Å². The molecule has 1 aromatic carbocycles. The Morgan fingerprint density at radius 2 is 2.26 bits per heavy atom. The number of ether oxygens (including phenoxy) is 1. The lowest BCUT2D eigenvalue weighted by Gasteiger charge is -2.37. The van der Waals surface area contributed by atoms with Gasteiger partial charge in [0, 0.05) is 30.7 Å². The third-order valence-corrected chi connectivity index (χ3v) is 4.16. The fourth-order valence-electron chi connectivity index (χ4n) is 2.47. The molecular weight excluding hydrogens is 312 g/mol. The van der Waals surface area contributed by atoms with Crippen LogP contribution in [0.1, 0.15) is 13.3 Å². The van der Waals surface area contributed by atoms with E-state index in [-0.39, 0.29) is 16.7 Å². The molecule has 0 bridgehead atoms. The minimum absolute atomic E-state index is 0.122. The van der Waals surface area contributed by atoms with E-state index in [0.29, 0.717) is 18.2 Å². The summed E-state index contributed by atoms with van der Waals surface area (Å²) < 4.78 is 6.18. The van der Waals surface area contributed by atoms with Crippen LogP contribution in [0.25, 0.3) is 0 Å². The molecule has 0 saturated carbocycles. The van der Waals surface area contributed by atoms with Crippen LogP contribution in [-0.2, 0) is 4.74 Å². The molecule has 2 unspecified atom stereocenters. The fraction of sp³-hybridized carbons (Fsp3) is 0.538. The molecular formula is C13H17BrN2O3. The maximum absolute atomic E-state index is 11.2. The third-order valence-electron chi connectivity index (χ3n) is 3.67. The highest BCUT2D eigenvalue weighted by molar-refractivity contribution is 9.10. The zero-order valence-corrected chi connectivity index (χ0v) is 12.6. The van der Waals surface area contributed by atoms with Crippen molar-refractivity contribution in [3.63, 3.8) is 0 Å². The van der Waals surface area contributed by atoms with Gasteiger partial charge in [-0.25, -0.2) is 0 Å². The maximum Gasteiger partial charge on any atom is 0.293 e. The van der Waals surface area contributed by atoms with Gasteiger partial charge in [-0.05, 0) is 24.5 Å². The first kappa shape index (κ1) is 14.3. The van der Waals surface area contributed by atoms with E-state index in [1.807, 2.05) is 11.0 Å². The van der Waals surface area contributed by atoms with Crippen molar-refractivity contribution in [2.75, 3.05) is 25.1 Å². The van der Waals surface area contributed by atoms with Crippen molar-refractivity contribution < 1.29 is 9.66 Å². The van der Waals surface area contributed by atoms with Crippen LogP contribution in [0.2, 0.25) is 0 Å². The molecule has 1 heterocycles. The largest absolute Gasteiger partial charge is 0.379 e. The van der Waals surface area contributed by atoms with Crippen LogP contribution in [0.15, 0.2) is 22.7 Å². The molecule has 0 N–H and O–H groups in total. The van der Waals surface area contributed by atoms with E-state index in [9.17, 15) is 10.1 Å². The van der Waals surface area contributed by atoms with Crippen LogP contribution in [0, 0.1) is 16.0 Å². The van der Waals surface area contributed by atoms with Crippen LogP contribution in [0.3, 0.4) is 0 Å². The van der Waals surface area contributed by atoms with Crippen LogP contribution in [0.4, 0.5) is 11.4 Å². The SMILES string of the molecule is COC1CN(c2ccc(Br)cc2[N+](=O)[O-])CCC1C. The second-order valence-corrected chi connectivity index (χ2v) is 5.79. The molecule has 0 amide bonds. The third kappa shape index (κ3) is 3.06. The summed E-state index contributed by atoms with van der Waals surface area (Å²) in [4.78, 5) is 12.9. The molecule has 1 fully saturated rings. The van der Waals surface area contributed by atoms with Gasteiger partial charge in [-0.1, -0.05) is 22.9 Å². The molecule has 2 atom stereocenters. The average molecular weight is 329 g/mol. The summed E-state index contributed by atoms with van der Waals surface area (Å²) in [5, 5.41) is 11.2. The number of nitrogens with zero attached hydrogens (tertiary/aromatic N) is 2. The zero-order valence-electron chi connectivity index (χ0n) is 11.0. The maximum atomic E-state index is 11.2. The predicted molar refractivity (Wildman–Crippen MR) is 77.6 cm³/mol. The number of halogens is 1. The topological polar surface area (TPSA) is 55.6 Å². The van der Waals surface area contributed by atoms with Crippen molar-refractivity contribution in [3.8, 4) is 0 Å². The molecule has 0 spiro atoms. The van der Waals surface area contributed by atoms with Gasteiger partial charge in [0.15, 0.2) is 0 Å². The summed E-state index contributed by atoms with van der Waals surface area (Å²) in [6.07, 6.45) is 1.10. The standard InChI is InChI=1S/C13H17BrN2O3/c1-9-5-6-15(8-13(9)19-2)11-4-3-10(14)7-12(11)16(17)18/h3-4,7,9,13H,5-6,8H2,1-2H3. The van der Waals surface area contributed by atoms with E-state index in [0.717, 1.165) is 17.4 Å². The van der Waals surface area contributed by atoms with Crippen LogP contribution >= 0.6 is 15.9 Å². The Hall–Kier alpha value is -1.14. The van der Waals surface area contributed by atoms with Crippen molar-refractivity contribution >= 4 is 27.3 Å². The number of hydrogen-bond acceptors (Lipinski definition) is 4. The number of piperidine rings is 1. The molecule has 19 heavy (non-hydrogen) atoms. The molecule has 1 saturated heterocycles. The second-order valence-electron chi connectivity index (χ2n) is 4.88. The van der Waals surface area contributed by atoms with E-state index in [4.69, 9.17) is 4.74 Å². The Morgan fingerprint density at radius 3 is 2.89 bits per heavy atom. The number of nitro groups is 1. The van der Waals surface area contributed by atoms with Gasteiger partial charge in [-0.3, -0.25) is 10.1 Å². The zero-order chi connectivity index (χ0) is 14.0. The Kier molecular flexibility index (Phi) is 4.42. The van der Waals surface area contributed by atoms with Crippen molar-refractivity contribution in [2.45, 2.75) is 19.4 Å². The quantitative estimate of drug-likeness (QED) is 0.631. The fourth-order valence-corrected chi connectivity index (χ4v) is 2.82. The molecule has 5 nitrogen and oxygen atoms in total. The molecule has 1 aliphatic heterocycles. The Bertz CT molecular complexity index is 481. The predicted octanol–water partition coefficient (Wildman–Crippen LogP) is 3.22. The summed E-state index contributed by atoms with van der Waals surface area (Å²) in [7, 11) is 1.70. The molecule has 2 rings (SSSR count). The summed E-state index contributed by atoms with van der Waals surface area (Å²) in [5.41, 5.74) is 0.806. The lowest BCUT2D eigenvalue weighted by atomic mass is 9.95. The summed E-state index contributed by atoms with van der Waals surface area (Å²) in [5.74, 6) is 0.482. The normalized spacial score (nSPS) is 23.4. The molecule has 6 heteroatoms. The van der Waals surface area contributed by atoms with E-state index in [1.165, 1.54) is 0 Å². The molecule has 104 valence electrons. The number of benzene rings is 1. The first-order valence-electron chi connectivity index (χ1n) is 6.24. The molecule has 1 aliphatic rings. The first-order chi connectivity index (χ1) is 9.02. The van der Waals surface area contributed by atoms with E-state index < -0.39 is 0 Å². The van der Waals surface area contributed by atoms with Crippen LogP contribution in [-0.4, -0.2) is 31.2 Å². The second kappa shape index (κ2) is 5.88. The summed E-state index contributed by atoms with van der Waals surface area (Å²) in [6, 6.07) is 5.18. The summed E-state index contributed by atoms with van der Waals surface area (Å²) >= 11 is 3.28. The van der Waals surface area contributed by atoms with Gasteiger partial charge in [0.05, 0.1) is 11.0 Å². The van der Waals surface area contributed by atoms with Gasteiger partial charge >= 0.3 is 0 Å². The average Bonchev–Trinajstić information content (AvgIpc) is 2.39. The van der Waals surface area contributed by atoms with Crippen LogP contribution < -0.4 is 4.90 Å². The minimum atomic E-state index is -0.333. The Balaban J connectivity index is 2.29. The molecule has 0 aromatic heterocycles. The summed E-state index contributed by atoms with van der Waals surface area (Å²) in [6.45, 7) is 3.67. The molecule has 0 aliphatic carbocycles. The number of rotatable bonds is 3. The highest BCUT2D eigenvalue weighted by Gasteiger charge is 2.29. The van der Waals surface area contributed by atoms with Gasteiger partial charge in [0.25, 0.3) is 5.69 Å². The van der Waals surface area contributed by atoms with Gasteiger partial charge in [-0.15, -0.1) is 0 Å². The van der Waals surface area contributed by atoms with Gasteiger partial charge in [0.2, 0.25) is 0 Å². The lowest BCUT2D eigenvalue weighted by molar-refractivity contribution is -0.384. The number of hydrogen-bond donors (Lipinski definition) is 0. The van der Waals surface area contributed by atoms with Crippen LogP contribution in [0.5, 0.6) is 0 Å². The van der Waals surface area contributed by atoms with Crippen molar-refractivity contribution in [3.05, 3.63) is 32.8 Å². The van der Waals surface area contributed by atoms with E-state index in [1.54, 1.807) is 19.2 Å². The Labute approximate surface area is 120 Å². The number of nitro benzene ring substituents is 1. The minimum Gasteiger partial charge on any atom is -0.379 e. The highest BCUT2D eigenvalue weighted by atomic mass is 79.9. The number of methoxy groups -OCH3 is 1. The van der Waals surface area contributed by atoms with Crippen molar-refractivity contribution in [1.29, 1.82) is 0 Å². The highest BCUT2D eigenvalue weighted by Crippen LogP contribution is 2.34. The van der Waals surface area contributed by atoms with Gasteiger partial charge in [-0.2, -0.15) is 0 Å². The van der Waals surface area contributed by atoms with E-state index in [2.05, 4.69) is 22.9 Å². The van der Waals surface area contributed by atoms with Gasteiger partial charge in [0.1, 0.15) is 5.69 Å².